The molecule has 1 aliphatic heterocycles. The molecule has 1 amide bonds. The van der Waals surface area contributed by atoms with Crippen molar-refractivity contribution in [3.8, 4) is 5.75 Å². The van der Waals surface area contributed by atoms with Crippen LogP contribution in [0.25, 0.3) is 0 Å². The van der Waals surface area contributed by atoms with Gasteiger partial charge in [0.2, 0.25) is 5.91 Å². The lowest BCUT2D eigenvalue weighted by Gasteiger charge is -2.17. The Morgan fingerprint density at radius 3 is 2.89 bits per heavy atom. The number of halogens is 2. The van der Waals surface area contributed by atoms with Gasteiger partial charge in [0.25, 0.3) is 0 Å². The Morgan fingerprint density at radius 2 is 2.33 bits per heavy atom. The molecule has 0 N–H and O–H groups in total. The Hall–Kier alpha value is -1.10. The second-order valence-electron chi connectivity index (χ2n) is 4.28. The minimum Gasteiger partial charge on any atom is -0.494 e. The molecule has 1 atom stereocenters. The van der Waals surface area contributed by atoms with Gasteiger partial charge in [0, 0.05) is 24.4 Å². The highest BCUT2D eigenvalue weighted by Crippen LogP contribution is 2.30. The number of carbonyl (C=O) groups is 1. The van der Waals surface area contributed by atoms with Crippen LogP contribution in [0.2, 0.25) is 0 Å². The number of hydrogen-bond donors (Lipinski definition) is 0. The Kier molecular flexibility index (Phi) is 4.22. The van der Waals surface area contributed by atoms with Crippen molar-refractivity contribution in [2.75, 3.05) is 23.4 Å². The molecule has 1 saturated heterocycles. The van der Waals surface area contributed by atoms with E-state index in [4.69, 9.17) is 4.74 Å². The smallest absolute Gasteiger partial charge is 0.227 e. The lowest BCUT2D eigenvalue weighted by Crippen LogP contribution is -2.25. The average Bonchev–Trinajstić information content (AvgIpc) is 2.71. The van der Waals surface area contributed by atoms with Crippen molar-refractivity contribution in [1.82, 2.24) is 0 Å². The van der Waals surface area contributed by atoms with E-state index in [0.717, 1.165) is 5.33 Å². The van der Waals surface area contributed by atoms with E-state index in [0.29, 0.717) is 31.0 Å². The van der Waals surface area contributed by atoms with E-state index in [1.54, 1.807) is 12.1 Å². The van der Waals surface area contributed by atoms with Gasteiger partial charge in [-0.3, -0.25) is 4.79 Å². The van der Waals surface area contributed by atoms with Gasteiger partial charge in [-0.1, -0.05) is 15.9 Å². The van der Waals surface area contributed by atoms with Gasteiger partial charge in [-0.15, -0.1) is 0 Å². The lowest BCUT2D eigenvalue weighted by molar-refractivity contribution is -0.117. The van der Waals surface area contributed by atoms with Gasteiger partial charge in [0.15, 0.2) is 5.82 Å². The zero-order valence-corrected chi connectivity index (χ0v) is 11.7. The summed E-state index contributed by atoms with van der Waals surface area (Å²) in [5.74, 6) is 0.304. The topological polar surface area (TPSA) is 29.5 Å². The molecule has 0 aliphatic carbocycles. The van der Waals surface area contributed by atoms with Crippen molar-refractivity contribution in [2.24, 2.45) is 5.92 Å². The minimum absolute atomic E-state index is 0.0255. The summed E-state index contributed by atoms with van der Waals surface area (Å²) in [5.41, 5.74) is 0.340. The molecule has 0 saturated carbocycles. The van der Waals surface area contributed by atoms with Crippen LogP contribution in [-0.4, -0.2) is 24.4 Å². The summed E-state index contributed by atoms with van der Waals surface area (Å²) in [6.07, 6.45) is 0.470. The fourth-order valence-corrected chi connectivity index (χ4v) is 2.51. The summed E-state index contributed by atoms with van der Waals surface area (Å²) in [5, 5.41) is 0.758. The van der Waals surface area contributed by atoms with Gasteiger partial charge >= 0.3 is 0 Å². The van der Waals surface area contributed by atoms with Crippen LogP contribution in [0, 0.1) is 11.7 Å². The maximum Gasteiger partial charge on any atom is 0.227 e. The van der Waals surface area contributed by atoms with Crippen LogP contribution in [0.3, 0.4) is 0 Å². The zero-order valence-electron chi connectivity index (χ0n) is 10.2. The van der Waals surface area contributed by atoms with E-state index in [1.807, 2.05) is 6.92 Å². The predicted octanol–water partition coefficient (Wildman–Crippen LogP) is 2.97. The Balaban J connectivity index is 2.21. The summed E-state index contributed by atoms with van der Waals surface area (Å²) in [7, 11) is 0. The summed E-state index contributed by atoms with van der Waals surface area (Å²) >= 11 is 3.36. The molecule has 1 aliphatic rings. The molecular weight excluding hydrogens is 301 g/mol. The van der Waals surface area contributed by atoms with E-state index in [-0.39, 0.29) is 11.8 Å². The normalized spacial score (nSPS) is 19.4. The van der Waals surface area contributed by atoms with Gasteiger partial charge in [-0.05, 0) is 25.0 Å². The number of anilines is 1. The largest absolute Gasteiger partial charge is 0.494 e. The molecule has 1 aromatic carbocycles. The fourth-order valence-electron chi connectivity index (χ4n) is 2.08. The third kappa shape index (κ3) is 2.66. The van der Waals surface area contributed by atoms with Crippen molar-refractivity contribution < 1.29 is 13.9 Å². The minimum atomic E-state index is -0.412. The molecule has 5 heteroatoms. The summed E-state index contributed by atoms with van der Waals surface area (Å²) in [4.78, 5) is 13.3. The first-order chi connectivity index (χ1) is 8.65. The molecule has 1 fully saturated rings. The second-order valence-corrected chi connectivity index (χ2v) is 4.92. The van der Waals surface area contributed by atoms with Gasteiger partial charge in [0.1, 0.15) is 5.75 Å². The van der Waals surface area contributed by atoms with Crippen LogP contribution in [0.1, 0.15) is 13.3 Å². The quantitative estimate of drug-likeness (QED) is 0.799. The van der Waals surface area contributed by atoms with Crippen LogP contribution in [0.15, 0.2) is 18.2 Å². The van der Waals surface area contributed by atoms with Crippen molar-refractivity contribution >= 4 is 27.5 Å². The molecule has 2 rings (SSSR count). The van der Waals surface area contributed by atoms with Crippen LogP contribution in [0.5, 0.6) is 5.75 Å². The van der Waals surface area contributed by atoms with Gasteiger partial charge in [-0.25, -0.2) is 4.39 Å². The van der Waals surface area contributed by atoms with Crippen molar-refractivity contribution in [3.05, 3.63) is 24.0 Å². The highest BCUT2D eigenvalue weighted by molar-refractivity contribution is 9.09. The molecule has 0 aromatic heterocycles. The third-order valence-corrected chi connectivity index (χ3v) is 3.86. The number of benzene rings is 1. The monoisotopic (exact) mass is 315 g/mol. The number of carbonyl (C=O) groups excluding carboxylic acids is 1. The van der Waals surface area contributed by atoms with Crippen molar-refractivity contribution in [3.63, 3.8) is 0 Å². The van der Waals surface area contributed by atoms with E-state index in [9.17, 15) is 9.18 Å². The number of rotatable bonds is 4. The molecule has 98 valence electrons. The summed E-state index contributed by atoms with van der Waals surface area (Å²) in [6.45, 7) is 2.90. The van der Waals surface area contributed by atoms with E-state index in [2.05, 4.69) is 15.9 Å². The third-order valence-electron chi connectivity index (χ3n) is 2.94. The maximum absolute atomic E-state index is 13.9. The van der Waals surface area contributed by atoms with Crippen LogP contribution < -0.4 is 9.64 Å². The van der Waals surface area contributed by atoms with E-state index < -0.39 is 5.82 Å². The Labute approximate surface area is 114 Å². The maximum atomic E-state index is 13.9. The fraction of sp³-hybridized carbons (Fsp3) is 0.462. The van der Waals surface area contributed by atoms with Crippen LogP contribution >= 0.6 is 15.9 Å². The molecule has 18 heavy (non-hydrogen) atoms. The molecule has 1 unspecified atom stereocenters. The van der Waals surface area contributed by atoms with Gasteiger partial charge < -0.3 is 9.64 Å². The first-order valence-corrected chi connectivity index (χ1v) is 7.06. The van der Waals surface area contributed by atoms with Crippen molar-refractivity contribution in [2.45, 2.75) is 13.3 Å². The summed E-state index contributed by atoms with van der Waals surface area (Å²) in [6, 6.07) is 4.62. The Bertz CT molecular complexity index is 453. The first kappa shape index (κ1) is 13.3. The van der Waals surface area contributed by atoms with Crippen LogP contribution in [-0.2, 0) is 4.79 Å². The van der Waals surface area contributed by atoms with E-state index >= 15 is 0 Å². The SMILES string of the molecule is CCOc1ccc(N2CC(CBr)CC2=O)c(F)c1. The zero-order chi connectivity index (χ0) is 13.1. The number of nitrogens with zero attached hydrogens (tertiary/aromatic N) is 1. The highest BCUT2D eigenvalue weighted by atomic mass is 79.9. The lowest BCUT2D eigenvalue weighted by atomic mass is 10.2. The van der Waals surface area contributed by atoms with E-state index in [1.165, 1.54) is 11.0 Å². The number of hydrogen-bond acceptors (Lipinski definition) is 2. The summed E-state index contributed by atoms with van der Waals surface area (Å²) < 4.78 is 19.2. The number of amides is 1. The number of alkyl halides is 1. The average molecular weight is 316 g/mol. The molecule has 1 heterocycles. The van der Waals surface area contributed by atoms with Crippen molar-refractivity contribution in [1.29, 1.82) is 0 Å². The highest BCUT2D eigenvalue weighted by Gasteiger charge is 2.31. The first-order valence-electron chi connectivity index (χ1n) is 5.94. The van der Waals surface area contributed by atoms with Gasteiger partial charge in [-0.2, -0.15) is 0 Å². The molecular formula is C13H15BrFNO2. The standard InChI is InChI=1S/C13H15BrFNO2/c1-2-18-10-3-4-12(11(15)6-10)16-8-9(7-14)5-13(16)17/h3-4,6,9H,2,5,7-8H2,1H3. The molecule has 1 aromatic rings. The predicted molar refractivity (Wildman–Crippen MR) is 71.8 cm³/mol. The number of ether oxygens (including phenoxy) is 1. The second kappa shape index (κ2) is 5.69. The van der Waals surface area contributed by atoms with Crippen LogP contribution in [0.4, 0.5) is 10.1 Å². The molecule has 0 spiro atoms. The molecule has 0 bridgehead atoms. The Morgan fingerprint density at radius 1 is 1.56 bits per heavy atom. The molecule has 3 nitrogen and oxygen atoms in total. The van der Waals surface area contributed by atoms with Gasteiger partial charge in [0.05, 0.1) is 12.3 Å². The molecule has 0 radical (unpaired) electrons.